The van der Waals surface area contributed by atoms with Crippen molar-refractivity contribution in [2.24, 2.45) is 7.05 Å². The first kappa shape index (κ1) is 20.9. The highest BCUT2D eigenvalue weighted by molar-refractivity contribution is 5.76. The third-order valence-electron chi connectivity index (χ3n) is 5.80. The summed E-state index contributed by atoms with van der Waals surface area (Å²) in [5.41, 5.74) is 3.20. The van der Waals surface area contributed by atoms with Crippen LogP contribution in [-0.4, -0.2) is 48.6 Å². The van der Waals surface area contributed by atoms with Gasteiger partial charge in [-0.15, -0.1) is 0 Å². The van der Waals surface area contributed by atoms with Gasteiger partial charge in [0.1, 0.15) is 0 Å². The van der Waals surface area contributed by atoms with Crippen LogP contribution >= 0.6 is 0 Å². The molecule has 162 valence electrons. The van der Waals surface area contributed by atoms with E-state index >= 15 is 0 Å². The minimum Gasteiger partial charge on any atom is -0.313 e. The Morgan fingerprint density at radius 1 is 1.03 bits per heavy atom. The van der Waals surface area contributed by atoms with Gasteiger partial charge in [0.2, 0.25) is 5.78 Å². The first-order valence-electron chi connectivity index (χ1n) is 10.3. The van der Waals surface area contributed by atoms with Crippen molar-refractivity contribution in [3.8, 4) is 0 Å². The van der Waals surface area contributed by atoms with E-state index in [4.69, 9.17) is 4.98 Å². The molecule has 4 rings (SSSR count). The van der Waals surface area contributed by atoms with Crippen molar-refractivity contribution >= 4 is 23.0 Å². The molecule has 0 bridgehead atoms. The Morgan fingerprint density at radius 3 is 2.42 bits per heavy atom. The van der Waals surface area contributed by atoms with E-state index in [0.29, 0.717) is 16.9 Å². The molecular formula is C23H28N6O2. The summed E-state index contributed by atoms with van der Waals surface area (Å²) in [7, 11) is 5.72. The molecule has 0 spiro atoms. The number of allylic oxidation sites excluding steroid dienone is 1. The number of rotatable bonds is 6. The molecule has 0 fully saturated rings. The largest absolute Gasteiger partial charge is 0.332 e. The highest BCUT2D eigenvalue weighted by Crippen LogP contribution is 2.20. The molecule has 0 aliphatic carbocycles. The monoisotopic (exact) mass is 420 g/mol. The van der Waals surface area contributed by atoms with E-state index in [-0.39, 0.29) is 17.8 Å². The second kappa shape index (κ2) is 8.03. The van der Waals surface area contributed by atoms with Crippen LogP contribution in [0.15, 0.2) is 46.0 Å². The molecule has 3 heterocycles. The molecule has 8 nitrogen and oxygen atoms in total. The van der Waals surface area contributed by atoms with E-state index in [1.165, 1.54) is 9.13 Å². The zero-order valence-corrected chi connectivity index (χ0v) is 18.7. The van der Waals surface area contributed by atoms with Gasteiger partial charge >= 0.3 is 5.69 Å². The number of imidazole rings is 2. The summed E-state index contributed by atoms with van der Waals surface area (Å²) in [5.74, 6) is 0.691. The fourth-order valence-electron chi connectivity index (χ4n) is 3.90. The van der Waals surface area contributed by atoms with Gasteiger partial charge in [0.25, 0.3) is 5.56 Å². The van der Waals surface area contributed by atoms with Crippen molar-refractivity contribution in [2.45, 2.75) is 26.9 Å². The summed E-state index contributed by atoms with van der Waals surface area (Å²) >= 11 is 0. The van der Waals surface area contributed by atoms with Gasteiger partial charge in [-0.05, 0) is 33.5 Å². The topological polar surface area (TPSA) is 69.5 Å². The lowest BCUT2D eigenvalue weighted by Crippen LogP contribution is -2.39. The lowest BCUT2D eigenvalue weighted by molar-refractivity contribution is 0.384. The average Bonchev–Trinajstić information content (AvgIpc) is 3.24. The highest BCUT2D eigenvalue weighted by atomic mass is 16.2. The number of hydrogen-bond donors (Lipinski definition) is 0. The Bertz CT molecular complexity index is 1400. The van der Waals surface area contributed by atoms with Gasteiger partial charge in [-0.1, -0.05) is 42.5 Å². The SMILES string of the molecule is Cc1c(C)n2c3c(=O)n(C/C=C/c4ccccc4)c(=O)n(C)c3nc2n1CCN(C)C. The summed E-state index contributed by atoms with van der Waals surface area (Å²) in [6.45, 7) is 5.82. The standard InChI is InChI=1S/C23H28N6O2/c1-16-17(2)29-19-20(24-22(29)27(16)15-14-25(3)4)26(5)23(31)28(21(19)30)13-9-12-18-10-7-6-8-11-18/h6-12H,13-15H2,1-5H3/b12-9+. The van der Waals surface area contributed by atoms with Crippen LogP contribution in [0.25, 0.3) is 23.0 Å². The van der Waals surface area contributed by atoms with Crippen LogP contribution in [0, 0.1) is 13.8 Å². The molecule has 0 N–H and O–H groups in total. The minimum absolute atomic E-state index is 0.197. The Balaban J connectivity index is 1.87. The van der Waals surface area contributed by atoms with Gasteiger partial charge in [0, 0.05) is 38.1 Å². The minimum atomic E-state index is -0.370. The number of fused-ring (bicyclic) bond motifs is 3. The summed E-state index contributed by atoms with van der Waals surface area (Å²) < 4.78 is 6.73. The normalized spacial score (nSPS) is 12.2. The molecule has 1 aromatic carbocycles. The Labute approximate surface area is 180 Å². The second-order valence-electron chi connectivity index (χ2n) is 8.12. The summed E-state index contributed by atoms with van der Waals surface area (Å²) in [6, 6.07) is 9.80. The van der Waals surface area contributed by atoms with E-state index in [9.17, 15) is 9.59 Å². The number of nitrogens with zero attached hydrogens (tertiary/aromatic N) is 6. The molecule has 0 saturated carbocycles. The van der Waals surface area contributed by atoms with Gasteiger partial charge < -0.3 is 9.47 Å². The Kier molecular flexibility index (Phi) is 5.41. The van der Waals surface area contributed by atoms with Crippen LogP contribution in [0.3, 0.4) is 0 Å². The number of benzene rings is 1. The second-order valence-corrected chi connectivity index (χ2v) is 8.12. The number of aryl methyl sites for hydroxylation is 2. The molecular weight excluding hydrogens is 392 g/mol. The Hall–Kier alpha value is -3.39. The van der Waals surface area contributed by atoms with Gasteiger partial charge in [0.05, 0.1) is 0 Å². The van der Waals surface area contributed by atoms with Crippen molar-refractivity contribution in [3.63, 3.8) is 0 Å². The van der Waals surface area contributed by atoms with Crippen LogP contribution < -0.4 is 11.2 Å². The van der Waals surface area contributed by atoms with Gasteiger partial charge in [-0.3, -0.25) is 18.3 Å². The van der Waals surface area contributed by atoms with Gasteiger partial charge in [0.15, 0.2) is 11.2 Å². The third kappa shape index (κ3) is 3.53. The van der Waals surface area contributed by atoms with Crippen LogP contribution in [0.2, 0.25) is 0 Å². The summed E-state index contributed by atoms with van der Waals surface area (Å²) in [4.78, 5) is 33.1. The highest BCUT2D eigenvalue weighted by Gasteiger charge is 2.22. The van der Waals surface area contributed by atoms with Crippen molar-refractivity contribution in [1.82, 2.24) is 28.0 Å². The predicted molar refractivity (Wildman–Crippen MR) is 124 cm³/mol. The van der Waals surface area contributed by atoms with Crippen LogP contribution in [-0.2, 0) is 20.1 Å². The first-order chi connectivity index (χ1) is 14.8. The van der Waals surface area contributed by atoms with Gasteiger partial charge in [-0.2, -0.15) is 4.98 Å². The van der Waals surface area contributed by atoms with Crippen molar-refractivity contribution in [1.29, 1.82) is 0 Å². The lowest BCUT2D eigenvalue weighted by Gasteiger charge is -2.11. The molecule has 0 aliphatic heterocycles. The van der Waals surface area contributed by atoms with Gasteiger partial charge in [-0.25, -0.2) is 4.79 Å². The fraction of sp³-hybridized carbons (Fsp3) is 0.348. The van der Waals surface area contributed by atoms with E-state index < -0.39 is 0 Å². The fourth-order valence-corrected chi connectivity index (χ4v) is 3.90. The van der Waals surface area contributed by atoms with E-state index in [0.717, 1.165) is 30.0 Å². The summed E-state index contributed by atoms with van der Waals surface area (Å²) in [5, 5.41) is 0. The molecule has 0 atom stereocenters. The zero-order chi connectivity index (χ0) is 22.3. The molecule has 0 unspecified atom stereocenters. The third-order valence-corrected chi connectivity index (χ3v) is 5.80. The molecule has 8 heteroatoms. The smallest absolute Gasteiger partial charge is 0.313 e. The van der Waals surface area contributed by atoms with E-state index in [1.807, 2.05) is 74.8 Å². The molecule has 0 amide bonds. The number of aromatic nitrogens is 5. The van der Waals surface area contributed by atoms with E-state index in [2.05, 4.69) is 9.47 Å². The molecule has 0 aliphatic rings. The van der Waals surface area contributed by atoms with Crippen LogP contribution in [0.5, 0.6) is 0 Å². The molecule has 0 saturated heterocycles. The zero-order valence-electron chi connectivity index (χ0n) is 18.7. The lowest BCUT2D eigenvalue weighted by atomic mass is 10.2. The maximum absolute atomic E-state index is 13.4. The predicted octanol–water partition coefficient (Wildman–Crippen LogP) is 2.04. The van der Waals surface area contributed by atoms with Crippen molar-refractivity contribution < 1.29 is 0 Å². The maximum Gasteiger partial charge on any atom is 0.332 e. The molecule has 31 heavy (non-hydrogen) atoms. The maximum atomic E-state index is 13.4. The number of hydrogen-bond acceptors (Lipinski definition) is 4. The van der Waals surface area contributed by atoms with E-state index in [1.54, 1.807) is 7.05 Å². The molecule has 0 radical (unpaired) electrons. The molecule has 3 aromatic heterocycles. The summed E-state index contributed by atoms with van der Waals surface area (Å²) in [6.07, 6.45) is 3.75. The number of likely N-dealkylation sites (N-methyl/N-ethyl adjacent to an activating group) is 1. The van der Waals surface area contributed by atoms with Crippen molar-refractivity contribution in [3.05, 3.63) is 74.2 Å². The Morgan fingerprint density at radius 2 is 1.74 bits per heavy atom. The molecule has 4 aromatic rings. The quantitative estimate of drug-likeness (QED) is 0.479. The van der Waals surface area contributed by atoms with Crippen LogP contribution in [0.4, 0.5) is 0 Å². The van der Waals surface area contributed by atoms with Crippen LogP contribution in [0.1, 0.15) is 17.0 Å². The average molecular weight is 421 g/mol. The first-order valence-corrected chi connectivity index (χ1v) is 10.3. The van der Waals surface area contributed by atoms with Crippen molar-refractivity contribution in [2.75, 3.05) is 20.6 Å².